The molecule has 1 fully saturated rings. The number of carbonyl (C=O) groups excluding carboxylic acids is 2. The molecule has 1 unspecified atom stereocenters. The molecule has 1 heterocycles. The molecule has 2 N–H and O–H groups in total. The molecule has 23 heavy (non-hydrogen) atoms. The fraction of sp³-hybridized carbons (Fsp3) is 0.556. The highest BCUT2D eigenvalue weighted by Gasteiger charge is 2.33. The Labute approximate surface area is 138 Å². The van der Waals surface area contributed by atoms with Gasteiger partial charge in [-0.15, -0.1) is 0 Å². The predicted octanol–water partition coefficient (Wildman–Crippen LogP) is 2.13. The van der Waals surface area contributed by atoms with E-state index >= 15 is 0 Å². The van der Waals surface area contributed by atoms with Crippen LogP contribution in [0.1, 0.15) is 39.2 Å². The molecule has 126 valence electrons. The molecule has 2 rings (SSSR count). The Morgan fingerprint density at radius 3 is 2.70 bits per heavy atom. The van der Waals surface area contributed by atoms with Crippen LogP contribution in [0.4, 0.5) is 5.69 Å². The molecule has 1 aliphatic rings. The summed E-state index contributed by atoms with van der Waals surface area (Å²) in [6.07, 6.45) is 1.62. The molecule has 1 atom stereocenters. The first-order valence-corrected chi connectivity index (χ1v) is 8.18. The number of rotatable bonds is 4. The van der Waals surface area contributed by atoms with Crippen LogP contribution < -0.4 is 10.6 Å². The largest absolute Gasteiger partial charge is 0.376 e. The first-order chi connectivity index (χ1) is 10.8. The zero-order chi connectivity index (χ0) is 17.0. The van der Waals surface area contributed by atoms with Gasteiger partial charge in [0.2, 0.25) is 11.8 Å². The highest BCUT2D eigenvalue weighted by molar-refractivity contribution is 5.89. The number of carbonyl (C=O) groups is 2. The summed E-state index contributed by atoms with van der Waals surface area (Å²) in [6.45, 7) is 7.35. The van der Waals surface area contributed by atoms with Gasteiger partial charge in [-0.3, -0.25) is 9.59 Å². The van der Waals surface area contributed by atoms with Gasteiger partial charge in [0, 0.05) is 19.3 Å². The third-order valence-corrected chi connectivity index (χ3v) is 4.29. The Morgan fingerprint density at radius 1 is 1.30 bits per heavy atom. The number of likely N-dealkylation sites (N-methyl/N-ethyl adjacent to an activating group) is 1. The molecule has 0 aliphatic carbocycles. The van der Waals surface area contributed by atoms with Gasteiger partial charge < -0.3 is 15.5 Å². The highest BCUT2D eigenvalue weighted by atomic mass is 16.2. The summed E-state index contributed by atoms with van der Waals surface area (Å²) in [5.41, 5.74) is 2.22. The van der Waals surface area contributed by atoms with Gasteiger partial charge in [-0.2, -0.15) is 0 Å². The average Bonchev–Trinajstić information content (AvgIpc) is 3.01. The Morgan fingerprint density at radius 2 is 2.04 bits per heavy atom. The number of nitrogens with zero attached hydrogens (tertiary/aromatic N) is 1. The summed E-state index contributed by atoms with van der Waals surface area (Å²) in [5.74, 6) is -0.108. The number of likely N-dealkylation sites (tertiary alicyclic amines) is 1. The number of amides is 2. The van der Waals surface area contributed by atoms with Crippen molar-refractivity contribution in [3.05, 3.63) is 29.8 Å². The maximum absolute atomic E-state index is 12.4. The molecule has 0 bridgehead atoms. The van der Waals surface area contributed by atoms with Crippen molar-refractivity contribution < 1.29 is 9.59 Å². The molecule has 0 aromatic heterocycles. The van der Waals surface area contributed by atoms with Gasteiger partial charge in [0.15, 0.2) is 0 Å². The van der Waals surface area contributed by atoms with E-state index in [1.165, 1.54) is 5.56 Å². The molecule has 2 amide bonds. The molecule has 0 spiro atoms. The molecular weight excluding hydrogens is 290 g/mol. The number of anilines is 1. The highest BCUT2D eigenvalue weighted by Crippen LogP contribution is 2.24. The van der Waals surface area contributed by atoms with Gasteiger partial charge in [-0.05, 0) is 36.0 Å². The van der Waals surface area contributed by atoms with Crippen LogP contribution in [0.15, 0.2) is 24.3 Å². The van der Waals surface area contributed by atoms with Gasteiger partial charge in [-0.1, -0.05) is 32.9 Å². The van der Waals surface area contributed by atoms with Crippen LogP contribution in [0, 0.1) is 0 Å². The Balaban J connectivity index is 1.98. The molecule has 1 aliphatic heterocycles. The predicted molar refractivity (Wildman–Crippen MR) is 92.4 cm³/mol. The minimum absolute atomic E-state index is 0.0303. The topological polar surface area (TPSA) is 61.4 Å². The average molecular weight is 317 g/mol. The molecule has 1 aromatic rings. The SMILES string of the molecule is CNC(=O)C1CCCN1C(=O)CNc1cccc(C(C)(C)C)c1. The van der Waals surface area contributed by atoms with E-state index in [9.17, 15) is 9.59 Å². The molecule has 5 heteroatoms. The Bertz CT molecular complexity index is 578. The summed E-state index contributed by atoms with van der Waals surface area (Å²) in [5, 5.41) is 5.82. The molecular formula is C18H27N3O2. The van der Waals surface area contributed by atoms with Crippen molar-refractivity contribution in [2.75, 3.05) is 25.5 Å². The van der Waals surface area contributed by atoms with Crippen LogP contribution in [0.3, 0.4) is 0 Å². The van der Waals surface area contributed by atoms with Gasteiger partial charge in [0.1, 0.15) is 6.04 Å². The Kier molecular flexibility index (Phi) is 5.29. The van der Waals surface area contributed by atoms with Crippen molar-refractivity contribution in [2.45, 2.75) is 45.1 Å². The van der Waals surface area contributed by atoms with Gasteiger partial charge in [-0.25, -0.2) is 0 Å². The normalized spacial score (nSPS) is 17.9. The van der Waals surface area contributed by atoms with Gasteiger partial charge in [0.25, 0.3) is 0 Å². The lowest BCUT2D eigenvalue weighted by Gasteiger charge is -2.24. The third kappa shape index (κ3) is 4.24. The lowest BCUT2D eigenvalue weighted by atomic mass is 9.87. The fourth-order valence-corrected chi connectivity index (χ4v) is 2.88. The summed E-state index contributed by atoms with van der Waals surface area (Å²) >= 11 is 0. The lowest BCUT2D eigenvalue weighted by Crippen LogP contribution is -2.46. The maximum Gasteiger partial charge on any atom is 0.242 e. The van der Waals surface area contributed by atoms with Crippen molar-refractivity contribution in [2.24, 2.45) is 0 Å². The number of hydrogen-bond acceptors (Lipinski definition) is 3. The molecule has 0 saturated carbocycles. The van der Waals surface area contributed by atoms with Crippen LogP contribution in [-0.2, 0) is 15.0 Å². The first-order valence-electron chi connectivity index (χ1n) is 8.18. The van der Waals surface area contributed by atoms with Crippen LogP contribution in [0.5, 0.6) is 0 Å². The summed E-state index contributed by atoms with van der Waals surface area (Å²) < 4.78 is 0. The zero-order valence-electron chi connectivity index (χ0n) is 14.5. The standard InChI is InChI=1S/C18H27N3O2/c1-18(2,3)13-7-5-8-14(11-13)20-12-16(22)21-10-6-9-15(21)17(23)19-4/h5,7-8,11,15,20H,6,9-10,12H2,1-4H3,(H,19,23). The summed E-state index contributed by atoms with van der Waals surface area (Å²) in [7, 11) is 1.61. The van der Waals surface area contributed by atoms with Gasteiger partial charge >= 0.3 is 0 Å². The van der Waals surface area contributed by atoms with Crippen molar-refractivity contribution >= 4 is 17.5 Å². The second-order valence-corrected chi connectivity index (χ2v) is 7.04. The molecule has 1 aromatic carbocycles. The van der Waals surface area contributed by atoms with E-state index in [4.69, 9.17) is 0 Å². The lowest BCUT2D eigenvalue weighted by molar-refractivity contribution is -0.136. The number of hydrogen-bond donors (Lipinski definition) is 2. The Hall–Kier alpha value is -2.04. The van der Waals surface area contributed by atoms with Crippen molar-refractivity contribution in [3.8, 4) is 0 Å². The number of benzene rings is 1. The van der Waals surface area contributed by atoms with Crippen molar-refractivity contribution in [1.29, 1.82) is 0 Å². The van der Waals surface area contributed by atoms with Crippen LogP contribution in [0.2, 0.25) is 0 Å². The fourth-order valence-electron chi connectivity index (χ4n) is 2.88. The van der Waals surface area contributed by atoms with E-state index in [0.717, 1.165) is 18.5 Å². The van der Waals surface area contributed by atoms with E-state index in [2.05, 4.69) is 43.5 Å². The van der Waals surface area contributed by atoms with E-state index in [0.29, 0.717) is 6.54 Å². The van der Waals surface area contributed by atoms with E-state index in [1.807, 2.05) is 12.1 Å². The zero-order valence-corrected chi connectivity index (χ0v) is 14.5. The molecule has 5 nitrogen and oxygen atoms in total. The molecule has 0 radical (unpaired) electrons. The molecule has 1 saturated heterocycles. The number of nitrogens with one attached hydrogen (secondary N) is 2. The smallest absolute Gasteiger partial charge is 0.242 e. The van der Waals surface area contributed by atoms with Crippen LogP contribution in [-0.4, -0.2) is 42.9 Å². The van der Waals surface area contributed by atoms with Crippen molar-refractivity contribution in [1.82, 2.24) is 10.2 Å². The minimum Gasteiger partial charge on any atom is -0.376 e. The van der Waals surface area contributed by atoms with Crippen molar-refractivity contribution in [3.63, 3.8) is 0 Å². The van der Waals surface area contributed by atoms with Gasteiger partial charge in [0.05, 0.1) is 6.54 Å². The minimum atomic E-state index is -0.324. The van der Waals surface area contributed by atoms with E-state index in [-0.39, 0.29) is 29.8 Å². The van der Waals surface area contributed by atoms with Crippen LogP contribution in [0.25, 0.3) is 0 Å². The second-order valence-electron chi connectivity index (χ2n) is 7.04. The first kappa shape index (κ1) is 17.3. The quantitative estimate of drug-likeness (QED) is 0.894. The monoisotopic (exact) mass is 317 g/mol. The second kappa shape index (κ2) is 7.02. The van der Waals surface area contributed by atoms with Crippen LogP contribution >= 0.6 is 0 Å². The van der Waals surface area contributed by atoms with E-state index < -0.39 is 0 Å². The maximum atomic E-state index is 12.4. The van der Waals surface area contributed by atoms with E-state index in [1.54, 1.807) is 11.9 Å². The third-order valence-electron chi connectivity index (χ3n) is 4.29. The summed E-state index contributed by atoms with van der Waals surface area (Å²) in [4.78, 5) is 25.9. The summed E-state index contributed by atoms with van der Waals surface area (Å²) in [6, 6.07) is 7.80.